The van der Waals surface area contributed by atoms with Crippen LogP contribution < -0.4 is 11.1 Å². The Labute approximate surface area is 174 Å². The normalized spacial score (nSPS) is 13.6. The Hall–Kier alpha value is -3.32. The number of hydrogen-bond acceptors (Lipinski definition) is 5. The summed E-state index contributed by atoms with van der Waals surface area (Å²) in [4.78, 5) is 27.3. The molecule has 150 valence electrons. The fourth-order valence-corrected chi connectivity index (χ4v) is 3.49. The first-order valence-electron chi connectivity index (χ1n) is 9.07. The minimum absolute atomic E-state index is 0.345. The molecule has 6 nitrogen and oxygen atoms in total. The van der Waals surface area contributed by atoms with Crippen molar-refractivity contribution in [2.24, 2.45) is 0 Å². The molecule has 0 radical (unpaired) electrons. The summed E-state index contributed by atoms with van der Waals surface area (Å²) in [6, 6.07) is 11.5. The third kappa shape index (κ3) is 5.36. The lowest BCUT2D eigenvalue weighted by Gasteiger charge is -2.23. The van der Waals surface area contributed by atoms with Crippen LogP contribution in [0.1, 0.15) is 31.1 Å². The third-order valence-corrected chi connectivity index (χ3v) is 4.85. The monoisotopic (exact) mass is 409 g/mol. The van der Waals surface area contributed by atoms with E-state index in [2.05, 4.69) is 5.32 Å². The van der Waals surface area contributed by atoms with E-state index in [-0.39, 0.29) is 5.91 Å². The molecule has 0 fully saturated rings. The van der Waals surface area contributed by atoms with E-state index in [0.29, 0.717) is 16.3 Å². The molecule has 3 rings (SSSR count). The van der Waals surface area contributed by atoms with Gasteiger partial charge in [0.25, 0.3) is 5.91 Å². The van der Waals surface area contributed by atoms with Crippen LogP contribution in [0.3, 0.4) is 0 Å². The summed E-state index contributed by atoms with van der Waals surface area (Å²) in [5.41, 5.74) is 7.29. The van der Waals surface area contributed by atoms with Gasteiger partial charge in [-0.15, -0.1) is 11.3 Å². The van der Waals surface area contributed by atoms with Crippen LogP contribution in [-0.4, -0.2) is 22.5 Å². The van der Waals surface area contributed by atoms with E-state index in [1.807, 2.05) is 30.3 Å². The summed E-state index contributed by atoms with van der Waals surface area (Å²) < 4.78 is 5.37. The Morgan fingerprint density at radius 2 is 1.86 bits per heavy atom. The molecule has 7 heteroatoms. The average molecular weight is 410 g/mol. The van der Waals surface area contributed by atoms with Crippen LogP contribution in [0.15, 0.2) is 72.7 Å². The predicted molar refractivity (Wildman–Crippen MR) is 116 cm³/mol. The lowest BCUT2D eigenvalue weighted by atomic mass is 10.1. The number of amides is 2. The maximum Gasteiger partial charge on any atom is 0.418 e. The molecular weight excluding hydrogens is 386 g/mol. The maximum absolute atomic E-state index is 12.8. The van der Waals surface area contributed by atoms with Crippen LogP contribution in [0.2, 0.25) is 0 Å². The van der Waals surface area contributed by atoms with Gasteiger partial charge in [-0.25, -0.2) is 4.79 Å². The molecule has 0 atom stereocenters. The van der Waals surface area contributed by atoms with Crippen LogP contribution in [-0.2, 0) is 4.74 Å². The zero-order valence-corrected chi connectivity index (χ0v) is 17.3. The number of carbonyl (C=O) groups excluding carboxylic acids is 2. The molecule has 2 heterocycles. The van der Waals surface area contributed by atoms with Crippen molar-refractivity contribution in [3.05, 3.63) is 78.3 Å². The van der Waals surface area contributed by atoms with Crippen molar-refractivity contribution in [2.75, 3.05) is 5.73 Å². The average Bonchev–Trinajstić information content (AvgIpc) is 2.89. The fourth-order valence-electron chi connectivity index (χ4n) is 2.57. The molecule has 1 aliphatic rings. The van der Waals surface area contributed by atoms with Gasteiger partial charge in [0.2, 0.25) is 0 Å². The van der Waals surface area contributed by atoms with Gasteiger partial charge in [-0.1, -0.05) is 36.4 Å². The van der Waals surface area contributed by atoms with E-state index in [1.165, 1.54) is 22.4 Å². The standard InChI is InChI=1S/C22H23N3O3S/c1-22(2,3)28-21(27)25-12-8-7-11-16(14-25)24-20(26)17-13-18(29-19(17)23)15-9-5-4-6-10-15/h4-14H,23H2,1-3H3,(H,24,26). The van der Waals surface area contributed by atoms with Gasteiger partial charge in [-0.3, -0.25) is 9.69 Å². The first-order valence-corrected chi connectivity index (χ1v) is 9.89. The molecule has 1 aliphatic heterocycles. The Balaban J connectivity index is 1.77. The molecule has 1 aromatic carbocycles. The van der Waals surface area contributed by atoms with Crippen molar-refractivity contribution in [3.63, 3.8) is 0 Å². The lowest BCUT2D eigenvalue weighted by Crippen LogP contribution is -2.32. The van der Waals surface area contributed by atoms with Gasteiger partial charge in [0, 0.05) is 17.3 Å². The van der Waals surface area contributed by atoms with Gasteiger partial charge in [-0.05, 0) is 44.6 Å². The number of carbonyl (C=O) groups is 2. The van der Waals surface area contributed by atoms with Crippen molar-refractivity contribution in [2.45, 2.75) is 26.4 Å². The topological polar surface area (TPSA) is 84.7 Å². The summed E-state index contributed by atoms with van der Waals surface area (Å²) >= 11 is 1.36. The summed E-state index contributed by atoms with van der Waals surface area (Å²) in [6.07, 6.45) is 7.64. The second-order valence-electron chi connectivity index (χ2n) is 7.38. The zero-order chi connectivity index (χ0) is 21.0. The van der Waals surface area contributed by atoms with Gasteiger partial charge in [0.15, 0.2) is 0 Å². The molecule has 2 aromatic rings. The number of allylic oxidation sites excluding steroid dienone is 3. The largest absolute Gasteiger partial charge is 0.443 e. The maximum atomic E-state index is 12.8. The molecule has 0 spiro atoms. The molecule has 3 N–H and O–H groups in total. The Kier molecular flexibility index (Phi) is 5.89. The Bertz CT molecular complexity index is 998. The Morgan fingerprint density at radius 3 is 2.55 bits per heavy atom. The van der Waals surface area contributed by atoms with Gasteiger partial charge in [0.1, 0.15) is 5.60 Å². The molecule has 29 heavy (non-hydrogen) atoms. The molecule has 0 saturated heterocycles. The molecule has 1 aromatic heterocycles. The van der Waals surface area contributed by atoms with Gasteiger partial charge in [-0.2, -0.15) is 0 Å². The number of nitrogens with one attached hydrogen (secondary N) is 1. The van der Waals surface area contributed by atoms with Crippen molar-refractivity contribution in [1.82, 2.24) is 10.2 Å². The zero-order valence-electron chi connectivity index (χ0n) is 16.5. The van der Waals surface area contributed by atoms with Crippen LogP contribution in [0.25, 0.3) is 10.4 Å². The summed E-state index contributed by atoms with van der Waals surface area (Å²) in [6.45, 7) is 5.38. The smallest absolute Gasteiger partial charge is 0.418 e. The highest BCUT2D eigenvalue weighted by atomic mass is 32.1. The number of nitrogens with zero attached hydrogens (tertiary/aromatic N) is 1. The molecular formula is C22H23N3O3S. The summed E-state index contributed by atoms with van der Waals surface area (Å²) in [5.74, 6) is -0.345. The number of benzene rings is 1. The van der Waals surface area contributed by atoms with Crippen molar-refractivity contribution in [3.8, 4) is 10.4 Å². The van der Waals surface area contributed by atoms with E-state index in [1.54, 1.807) is 51.3 Å². The highest BCUT2D eigenvalue weighted by molar-refractivity contribution is 7.19. The second kappa shape index (κ2) is 8.36. The quantitative estimate of drug-likeness (QED) is 0.756. The predicted octanol–water partition coefficient (Wildman–Crippen LogP) is 4.89. The number of ether oxygens (including phenoxy) is 1. The van der Waals surface area contributed by atoms with Crippen molar-refractivity contribution < 1.29 is 14.3 Å². The van der Waals surface area contributed by atoms with E-state index >= 15 is 0 Å². The van der Waals surface area contributed by atoms with Crippen molar-refractivity contribution >= 4 is 28.3 Å². The SMILES string of the molecule is CC(C)(C)OC(=O)N1C=CC=CC(NC(=O)c2cc(-c3ccccc3)sc2N)=C1. The lowest BCUT2D eigenvalue weighted by molar-refractivity contribution is 0.0398. The summed E-state index contributed by atoms with van der Waals surface area (Å²) in [7, 11) is 0. The number of thiophene rings is 1. The van der Waals surface area contributed by atoms with Crippen LogP contribution in [0.4, 0.5) is 9.80 Å². The molecule has 0 unspecified atom stereocenters. The molecule has 0 saturated carbocycles. The van der Waals surface area contributed by atoms with Crippen LogP contribution >= 0.6 is 11.3 Å². The van der Waals surface area contributed by atoms with Crippen LogP contribution in [0.5, 0.6) is 0 Å². The molecule has 0 bridgehead atoms. The number of anilines is 1. The van der Waals surface area contributed by atoms with Gasteiger partial charge < -0.3 is 15.8 Å². The highest BCUT2D eigenvalue weighted by Crippen LogP contribution is 2.33. The highest BCUT2D eigenvalue weighted by Gasteiger charge is 2.21. The summed E-state index contributed by atoms with van der Waals surface area (Å²) in [5, 5.41) is 3.23. The second-order valence-corrected chi connectivity index (χ2v) is 8.47. The first kappa shape index (κ1) is 20.4. The number of rotatable bonds is 3. The fraction of sp³-hybridized carbons (Fsp3) is 0.182. The van der Waals surface area contributed by atoms with E-state index in [0.717, 1.165) is 10.4 Å². The van der Waals surface area contributed by atoms with Gasteiger partial charge in [0.05, 0.1) is 16.3 Å². The van der Waals surface area contributed by atoms with Crippen molar-refractivity contribution in [1.29, 1.82) is 0 Å². The van der Waals surface area contributed by atoms with Gasteiger partial charge >= 0.3 is 6.09 Å². The number of nitrogens with two attached hydrogens (primary N) is 1. The molecule has 2 amide bonds. The minimum atomic E-state index is -0.624. The van der Waals surface area contributed by atoms with E-state index in [4.69, 9.17) is 10.5 Å². The number of nitrogen functional groups attached to an aromatic ring is 1. The number of hydrogen-bond donors (Lipinski definition) is 2. The first-order chi connectivity index (χ1) is 13.7. The minimum Gasteiger partial charge on any atom is -0.443 e. The van der Waals surface area contributed by atoms with Crippen LogP contribution in [0, 0.1) is 0 Å². The molecule has 0 aliphatic carbocycles. The third-order valence-electron chi connectivity index (χ3n) is 3.84. The van der Waals surface area contributed by atoms with E-state index < -0.39 is 11.7 Å². The Morgan fingerprint density at radius 1 is 1.14 bits per heavy atom. The van der Waals surface area contributed by atoms with E-state index in [9.17, 15) is 9.59 Å².